The number of carbonyl (C=O) groups is 2. The van der Waals surface area contributed by atoms with Gasteiger partial charge in [-0.15, -0.1) is 11.3 Å². The van der Waals surface area contributed by atoms with Crippen LogP contribution >= 0.6 is 11.3 Å². The number of ether oxygens (including phenoxy) is 1. The third kappa shape index (κ3) is 6.81. The Balaban J connectivity index is 1.80. The van der Waals surface area contributed by atoms with Crippen LogP contribution in [0.4, 0.5) is 4.79 Å². The van der Waals surface area contributed by atoms with Gasteiger partial charge < -0.3 is 15.4 Å². The zero-order valence-corrected chi connectivity index (χ0v) is 14.5. The number of amides is 2. The number of hydrogen-bond acceptors (Lipinski definition) is 5. The van der Waals surface area contributed by atoms with E-state index in [0.717, 1.165) is 18.5 Å². The van der Waals surface area contributed by atoms with E-state index < -0.39 is 11.7 Å². The highest BCUT2D eigenvalue weighted by Gasteiger charge is 2.32. The fourth-order valence-corrected chi connectivity index (χ4v) is 2.56. The third-order valence-electron chi connectivity index (χ3n) is 3.24. The zero-order chi connectivity index (χ0) is 16.9. The predicted molar refractivity (Wildman–Crippen MR) is 90.0 cm³/mol. The SMILES string of the molecule is CC(C)(C)OC(=O)NC[C@H](NC(=O)/C=C\c1cscn1)C1CC1. The first-order valence-corrected chi connectivity index (χ1v) is 8.61. The van der Waals surface area contributed by atoms with Crippen molar-refractivity contribution in [2.45, 2.75) is 45.3 Å². The number of thiazole rings is 1. The summed E-state index contributed by atoms with van der Waals surface area (Å²) in [6.07, 6.45) is 4.82. The maximum Gasteiger partial charge on any atom is 0.407 e. The summed E-state index contributed by atoms with van der Waals surface area (Å²) in [6, 6.07) is -0.0740. The van der Waals surface area contributed by atoms with Gasteiger partial charge in [0.1, 0.15) is 5.60 Å². The van der Waals surface area contributed by atoms with Gasteiger partial charge in [-0.2, -0.15) is 0 Å². The minimum Gasteiger partial charge on any atom is -0.444 e. The molecule has 0 aromatic carbocycles. The second-order valence-electron chi connectivity index (χ2n) is 6.58. The maximum atomic E-state index is 12.0. The molecule has 23 heavy (non-hydrogen) atoms. The van der Waals surface area contributed by atoms with Crippen molar-refractivity contribution in [1.29, 1.82) is 0 Å². The Kier molecular flexibility index (Phi) is 5.76. The van der Waals surface area contributed by atoms with E-state index in [0.29, 0.717) is 12.5 Å². The van der Waals surface area contributed by atoms with Gasteiger partial charge in [0.2, 0.25) is 5.91 Å². The van der Waals surface area contributed by atoms with Crippen LogP contribution in [0.2, 0.25) is 0 Å². The van der Waals surface area contributed by atoms with E-state index in [-0.39, 0.29) is 11.9 Å². The fourth-order valence-electron chi connectivity index (χ4n) is 2.04. The largest absolute Gasteiger partial charge is 0.444 e. The number of alkyl carbamates (subject to hydrolysis) is 1. The predicted octanol–water partition coefficient (Wildman–Crippen LogP) is 2.58. The molecule has 0 radical (unpaired) electrons. The average Bonchev–Trinajstić information content (AvgIpc) is 3.15. The van der Waals surface area contributed by atoms with Crippen LogP contribution in [0.3, 0.4) is 0 Å². The Bertz CT molecular complexity index is 560. The molecule has 0 aliphatic heterocycles. The summed E-state index contributed by atoms with van der Waals surface area (Å²) in [5.41, 5.74) is 1.95. The standard InChI is InChI=1S/C16H23N3O3S/c1-16(2,3)22-15(21)17-8-13(11-4-5-11)19-14(20)7-6-12-9-23-10-18-12/h6-7,9-11,13H,4-5,8H2,1-3H3,(H,17,21)(H,19,20)/b7-6-/t13-/m0/s1. The van der Waals surface area contributed by atoms with Gasteiger partial charge in [0.15, 0.2) is 0 Å². The molecule has 1 fully saturated rings. The molecule has 2 amide bonds. The third-order valence-corrected chi connectivity index (χ3v) is 3.85. The Morgan fingerprint density at radius 2 is 2.22 bits per heavy atom. The fraction of sp³-hybridized carbons (Fsp3) is 0.562. The molecule has 1 saturated carbocycles. The summed E-state index contributed by atoms with van der Waals surface area (Å²) in [6.45, 7) is 5.82. The monoisotopic (exact) mass is 337 g/mol. The molecule has 2 N–H and O–H groups in total. The minimum absolute atomic E-state index is 0.0740. The number of aromatic nitrogens is 1. The van der Waals surface area contributed by atoms with Gasteiger partial charge in [0.25, 0.3) is 0 Å². The molecule has 1 aliphatic carbocycles. The van der Waals surface area contributed by atoms with E-state index in [2.05, 4.69) is 15.6 Å². The highest BCUT2D eigenvalue weighted by molar-refractivity contribution is 7.07. The Morgan fingerprint density at radius 3 is 2.78 bits per heavy atom. The highest BCUT2D eigenvalue weighted by atomic mass is 32.1. The normalized spacial score (nSPS) is 16.1. The van der Waals surface area contributed by atoms with Crippen molar-refractivity contribution >= 4 is 29.4 Å². The molecule has 0 saturated heterocycles. The van der Waals surface area contributed by atoms with Crippen molar-refractivity contribution in [1.82, 2.24) is 15.6 Å². The maximum absolute atomic E-state index is 12.0. The zero-order valence-electron chi connectivity index (χ0n) is 13.7. The lowest BCUT2D eigenvalue weighted by atomic mass is 10.2. The number of carbonyl (C=O) groups excluding carboxylic acids is 2. The van der Waals surface area contributed by atoms with E-state index in [9.17, 15) is 9.59 Å². The molecule has 0 spiro atoms. The van der Waals surface area contributed by atoms with Crippen LogP contribution in [-0.2, 0) is 9.53 Å². The van der Waals surface area contributed by atoms with Crippen LogP contribution in [0.1, 0.15) is 39.3 Å². The van der Waals surface area contributed by atoms with Gasteiger partial charge >= 0.3 is 6.09 Å². The van der Waals surface area contributed by atoms with E-state index in [1.807, 2.05) is 26.2 Å². The Hall–Kier alpha value is -1.89. The topological polar surface area (TPSA) is 80.3 Å². The second kappa shape index (κ2) is 7.59. The number of nitrogens with one attached hydrogen (secondary N) is 2. The van der Waals surface area contributed by atoms with Crippen LogP contribution in [0.25, 0.3) is 6.08 Å². The van der Waals surface area contributed by atoms with Gasteiger partial charge in [-0.05, 0) is 45.6 Å². The molecule has 6 nitrogen and oxygen atoms in total. The van der Waals surface area contributed by atoms with E-state index in [1.165, 1.54) is 17.4 Å². The molecule has 1 aliphatic rings. The van der Waals surface area contributed by atoms with Crippen LogP contribution in [0, 0.1) is 5.92 Å². The molecule has 7 heteroatoms. The molecule has 2 rings (SSSR count). The van der Waals surface area contributed by atoms with Crippen LogP contribution < -0.4 is 10.6 Å². The van der Waals surface area contributed by atoms with Crippen molar-refractivity contribution in [2.75, 3.05) is 6.54 Å². The molecule has 126 valence electrons. The van der Waals surface area contributed by atoms with E-state index in [1.54, 1.807) is 11.6 Å². The summed E-state index contributed by atoms with van der Waals surface area (Å²) in [5.74, 6) is 0.238. The molecular weight excluding hydrogens is 314 g/mol. The number of nitrogens with zero attached hydrogens (tertiary/aromatic N) is 1. The summed E-state index contributed by atoms with van der Waals surface area (Å²) >= 11 is 1.48. The lowest BCUT2D eigenvalue weighted by Crippen LogP contribution is -2.45. The summed E-state index contributed by atoms with van der Waals surface area (Å²) < 4.78 is 5.21. The van der Waals surface area contributed by atoms with Crippen molar-refractivity contribution in [3.8, 4) is 0 Å². The average molecular weight is 337 g/mol. The van der Waals surface area contributed by atoms with E-state index in [4.69, 9.17) is 4.74 Å². The quantitative estimate of drug-likeness (QED) is 0.782. The first kappa shape index (κ1) is 17.5. The summed E-state index contributed by atoms with van der Waals surface area (Å²) in [4.78, 5) is 27.8. The highest BCUT2D eigenvalue weighted by Crippen LogP contribution is 2.32. The lowest BCUT2D eigenvalue weighted by Gasteiger charge is -2.22. The van der Waals surface area contributed by atoms with Gasteiger partial charge in [-0.3, -0.25) is 4.79 Å². The van der Waals surface area contributed by atoms with Gasteiger partial charge in [-0.25, -0.2) is 9.78 Å². The first-order valence-electron chi connectivity index (χ1n) is 7.67. The molecule has 1 aromatic heterocycles. The van der Waals surface area contributed by atoms with Gasteiger partial charge in [0.05, 0.1) is 11.2 Å². The van der Waals surface area contributed by atoms with Gasteiger partial charge in [-0.1, -0.05) is 0 Å². The van der Waals surface area contributed by atoms with Crippen LogP contribution in [0.5, 0.6) is 0 Å². The van der Waals surface area contributed by atoms with Crippen LogP contribution in [-0.4, -0.2) is 35.2 Å². The van der Waals surface area contributed by atoms with E-state index >= 15 is 0 Å². The molecular formula is C16H23N3O3S. The summed E-state index contributed by atoms with van der Waals surface area (Å²) in [7, 11) is 0. The minimum atomic E-state index is -0.529. The Labute approximate surface area is 140 Å². The molecule has 1 aromatic rings. The van der Waals surface area contributed by atoms with Crippen molar-refractivity contribution in [2.24, 2.45) is 5.92 Å². The Morgan fingerprint density at radius 1 is 1.48 bits per heavy atom. The smallest absolute Gasteiger partial charge is 0.407 e. The molecule has 0 unspecified atom stereocenters. The van der Waals surface area contributed by atoms with Gasteiger partial charge in [0, 0.05) is 24.0 Å². The van der Waals surface area contributed by atoms with Crippen molar-refractivity contribution < 1.29 is 14.3 Å². The first-order chi connectivity index (χ1) is 10.8. The molecule has 1 heterocycles. The lowest BCUT2D eigenvalue weighted by molar-refractivity contribution is -0.117. The second-order valence-corrected chi connectivity index (χ2v) is 7.30. The summed E-state index contributed by atoms with van der Waals surface area (Å²) in [5, 5.41) is 7.53. The van der Waals surface area contributed by atoms with Crippen molar-refractivity contribution in [3.63, 3.8) is 0 Å². The van der Waals surface area contributed by atoms with Crippen LogP contribution in [0.15, 0.2) is 17.0 Å². The number of rotatable bonds is 6. The number of hydrogen-bond donors (Lipinski definition) is 2. The molecule has 0 bridgehead atoms. The van der Waals surface area contributed by atoms with Crippen molar-refractivity contribution in [3.05, 3.63) is 22.7 Å². The molecule has 1 atom stereocenters.